The van der Waals surface area contributed by atoms with E-state index in [1.807, 2.05) is 4.89 Å². The number of hydrogen-bond acceptors (Lipinski definition) is 6. The van der Waals surface area contributed by atoms with Gasteiger partial charge in [-0.3, -0.25) is 14.5 Å². The molecular weight excluding hydrogens is 398 g/mol. The molecule has 1 aromatic carbocycles. The van der Waals surface area contributed by atoms with E-state index < -0.39 is 10.0 Å². The van der Waals surface area contributed by atoms with Gasteiger partial charge in [-0.05, 0) is 61.0 Å². The summed E-state index contributed by atoms with van der Waals surface area (Å²) in [6.45, 7) is 3.64. The van der Waals surface area contributed by atoms with Gasteiger partial charge in [0.2, 0.25) is 0 Å². The third-order valence-corrected chi connectivity index (χ3v) is 6.87. The van der Waals surface area contributed by atoms with Gasteiger partial charge in [0.1, 0.15) is 0 Å². The van der Waals surface area contributed by atoms with Gasteiger partial charge in [-0.1, -0.05) is 11.0 Å². The Bertz CT molecular complexity index is 867. The smallest absolute Gasteiger partial charge is 0.262 e. The molecule has 1 fully saturated rings. The van der Waals surface area contributed by atoms with Gasteiger partial charge in [-0.15, -0.1) is 11.3 Å². The van der Waals surface area contributed by atoms with E-state index >= 15 is 0 Å². The van der Waals surface area contributed by atoms with Crippen LogP contribution < -0.4 is 10.2 Å². The van der Waals surface area contributed by atoms with Crippen molar-refractivity contribution in [2.75, 3.05) is 26.7 Å². The lowest BCUT2D eigenvalue weighted by Gasteiger charge is -2.32. The summed E-state index contributed by atoms with van der Waals surface area (Å²) in [6.07, 6.45) is 2.23. The number of benzene rings is 1. The molecule has 152 valence electrons. The van der Waals surface area contributed by atoms with Crippen molar-refractivity contribution in [2.24, 2.45) is 5.92 Å². The maximum atomic E-state index is 12.4. The number of rotatable bonds is 8. The third-order valence-electron chi connectivity index (χ3n) is 4.73. The van der Waals surface area contributed by atoms with E-state index in [-0.39, 0.29) is 10.8 Å². The molecule has 1 aromatic heterocycles. The van der Waals surface area contributed by atoms with Gasteiger partial charge >= 0.3 is 0 Å². The second-order valence-corrected chi connectivity index (χ2v) is 9.53. The molecule has 1 saturated heterocycles. The minimum absolute atomic E-state index is 0.0439. The highest BCUT2D eigenvalue weighted by Crippen LogP contribution is 2.20. The highest BCUT2D eigenvalue weighted by atomic mass is 32.2. The summed E-state index contributed by atoms with van der Waals surface area (Å²) in [7, 11) is -2.49. The fourth-order valence-corrected chi connectivity index (χ4v) is 4.92. The van der Waals surface area contributed by atoms with Crippen molar-refractivity contribution in [3.05, 3.63) is 52.2 Å². The van der Waals surface area contributed by atoms with Crippen molar-refractivity contribution in [1.29, 1.82) is 0 Å². The van der Waals surface area contributed by atoms with Crippen LogP contribution >= 0.6 is 11.3 Å². The first-order valence-corrected chi connectivity index (χ1v) is 11.5. The lowest BCUT2D eigenvalue weighted by Crippen LogP contribution is -2.40. The molecule has 2 heterocycles. The van der Waals surface area contributed by atoms with E-state index in [1.165, 1.54) is 36.3 Å². The molecule has 0 bridgehead atoms. The Morgan fingerprint density at radius 3 is 2.75 bits per heavy atom. The SMILES string of the molecule is CONS(=O)(=O)c1ccc(C(=O)NCC2CCCN(Cc3cccs3)C2)cc1. The summed E-state index contributed by atoms with van der Waals surface area (Å²) in [5.74, 6) is 0.224. The first kappa shape index (κ1) is 20.9. The molecule has 2 aromatic rings. The van der Waals surface area contributed by atoms with Crippen LogP contribution in [0.15, 0.2) is 46.7 Å². The predicted octanol–water partition coefficient (Wildman–Crippen LogP) is 2.23. The quantitative estimate of drug-likeness (QED) is 0.636. The summed E-state index contributed by atoms with van der Waals surface area (Å²) < 4.78 is 23.7. The monoisotopic (exact) mass is 423 g/mol. The Balaban J connectivity index is 1.50. The topological polar surface area (TPSA) is 87.7 Å². The van der Waals surface area contributed by atoms with Crippen LogP contribution in [0.1, 0.15) is 28.1 Å². The van der Waals surface area contributed by atoms with Gasteiger partial charge in [-0.25, -0.2) is 8.42 Å². The molecular formula is C19H25N3O4S2. The number of carbonyl (C=O) groups excluding carboxylic acids is 1. The lowest BCUT2D eigenvalue weighted by atomic mass is 9.98. The average Bonchev–Trinajstić information content (AvgIpc) is 3.19. The zero-order chi connectivity index (χ0) is 20.0. The molecule has 2 N–H and O–H groups in total. The van der Waals surface area contributed by atoms with Gasteiger partial charge in [0.15, 0.2) is 0 Å². The van der Waals surface area contributed by atoms with E-state index in [9.17, 15) is 13.2 Å². The van der Waals surface area contributed by atoms with Crippen LogP contribution in [0.5, 0.6) is 0 Å². The molecule has 9 heteroatoms. The molecule has 28 heavy (non-hydrogen) atoms. The van der Waals surface area contributed by atoms with Gasteiger partial charge in [0.25, 0.3) is 15.9 Å². The summed E-state index contributed by atoms with van der Waals surface area (Å²) >= 11 is 1.77. The number of thiophene rings is 1. The van der Waals surface area contributed by atoms with Crippen LogP contribution in [0.25, 0.3) is 0 Å². The van der Waals surface area contributed by atoms with Crippen LogP contribution in [0, 0.1) is 5.92 Å². The molecule has 1 aliphatic rings. The summed E-state index contributed by atoms with van der Waals surface area (Å²) in [4.78, 5) is 22.7. The molecule has 1 amide bonds. The van der Waals surface area contributed by atoms with E-state index in [2.05, 4.69) is 32.6 Å². The largest absolute Gasteiger partial charge is 0.352 e. The molecule has 0 spiro atoms. The van der Waals surface area contributed by atoms with Crippen LogP contribution in [0.3, 0.4) is 0 Å². The second kappa shape index (κ2) is 9.62. The van der Waals surface area contributed by atoms with Crippen molar-refractivity contribution < 1.29 is 18.0 Å². The molecule has 3 rings (SSSR count). The lowest BCUT2D eigenvalue weighted by molar-refractivity contribution is 0.0930. The zero-order valence-corrected chi connectivity index (χ0v) is 17.4. The summed E-state index contributed by atoms with van der Waals surface area (Å²) in [5.41, 5.74) is 0.433. The van der Waals surface area contributed by atoms with Crippen molar-refractivity contribution in [3.8, 4) is 0 Å². The Hall–Kier alpha value is -1.78. The minimum atomic E-state index is -3.72. The fourth-order valence-electron chi connectivity index (χ4n) is 3.37. The van der Waals surface area contributed by atoms with E-state index in [0.29, 0.717) is 18.0 Å². The first-order valence-electron chi connectivity index (χ1n) is 9.16. The average molecular weight is 424 g/mol. The third kappa shape index (κ3) is 5.62. The van der Waals surface area contributed by atoms with E-state index in [1.54, 1.807) is 11.3 Å². The number of sulfonamides is 1. The molecule has 0 aliphatic carbocycles. The molecule has 1 aliphatic heterocycles. The van der Waals surface area contributed by atoms with Crippen LogP contribution in [0.2, 0.25) is 0 Å². The first-order chi connectivity index (χ1) is 13.5. The summed E-state index contributed by atoms with van der Waals surface area (Å²) in [6, 6.07) is 10.0. The van der Waals surface area contributed by atoms with Crippen molar-refractivity contribution >= 4 is 27.3 Å². The number of nitrogens with one attached hydrogen (secondary N) is 2. The Morgan fingerprint density at radius 2 is 2.07 bits per heavy atom. The number of amides is 1. The fraction of sp³-hybridized carbons (Fsp3) is 0.421. The number of nitrogens with zero attached hydrogens (tertiary/aromatic N) is 1. The van der Waals surface area contributed by atoms with Crippen molar-refractivity contribution in [3.63, 3.8) is 0 Å². The van der Waals surface area contributed by atoms with E-state index in [4.69, 9.17) is 0 Å². The standard InChI is InChI=1S/C19H25N3O4S2/c1-26-21-28(24,25)18-8-6-16(7-9-18)19(23)20-12-15-4-2-10-22(13-15)14-17-5-3-11-27-17/h3,5-9,11,15,21H,2,4,10,12-14H2,1H3,(H,20,23). The van der Waals surface area contributed by atoms with Gasteiger partial charge < -0.3 is 5.32 Å². The Kier molecular flexibility index (Phi) is 7.19. The minimum Gasteiger partial charge on any atom is -0.352 e. The maximum absolute atomic E-state index is 12.4. The molecule has 0 saturated carbocycles. The molecule has 1 unspecified atom stereocenters. The highest BCUT2D eigenvalue weighted by Gasteiger charge is 2.21. The van der Waals surface area contributed by atoms with Crippen LogP contribution in [0.4, 0.5) is 0 Å². The number of carbonyl (C=O) groups is 1. The number of likely N-dealkylation sites (tertiary alicyclic amines) is 1. The molecule has 7 nitrogen and oxygen atoms in total. The molecule has 0 radical (unpaired) electrons. The maximum Gasteiger partial charge on any atom is 0.262 e. The van der Waals surface area contributed by atoms with Crippen LogP contribution in [-0.2, 0) is 21.4 Å². The predicted molar refractivity (Wildman–Crippen MR) is 108 cm³/mol. The highest BCUT2D eigenvalue weighted by molar-refractivity contribution is 7.89. The second-order valence-electron chi connectivity index (χ2n) is 6.85. The molecule has 1 atom stereocenters. The normalized spacial score (nSPS) is 18.1. The van der Waals surface area contributed by atoms with Crippen molar-refractivity contribution in [1.82, 2.24) is 15.1 Å². The van der Waals surface area contributed by atoms with E-state index in [0.717, 1.165) is 32.5 Å². The number of piperidine rings is 1. The van der Waals surface area contributed by atoms with Gasteiger partial charge in [0.05, 0.1) is 12.0 Å². The van der Waals surface area contributed by atoms with Crippen LogP contribution in [-0.4, -0.2) is 46.0 Å². The number of hydrogen-bond donors (Lipinski definition) is 2. The zero-order valence-electron chi connectivity index (χ0n) is 15.8. The van der Waals surface area contributed by atoms with Gasteiger partial charge in [-0.2, -0.15) is 0 Å². The van der Waals surface area contributed by atoms with Crippen molar-refractivity contribution in [2.45, 2.75) is 24.3 Å². The summed E-state index contributed by atoms with van der Waals surface area (Å²) in [5, 5.41) is 5.07. The van der Waals surface area contributed by atoms with Gasteiger partial charge in [0, 0.05) is 30.1 Å². The Morgan fingerprint density at radius 1 is 1.29 bits per heavy atom. The Labute approximate surface area is 169 Å².